The largest absolute Gasteiger partial charge is 0.378 e. The molecule has 5 nitrogen and oxygen atoms in total. The molecule has 0 aliphatic heterocycles. The number of hydrogen-bond acceptors (Lipinski definition) is 4. The van der Waals surface area contributed by atoms with Gasteiger partial charge in [0.1, 0.15) is 11.6 Å². The standard InChI is InChI=1S/C23H19F2N3O2S/c1-26(2)18-7-8-19-21(12-18)27(13-15-9-16(24)11-17(25)10-15)14-23(19)31-22-6-4-3-5-20(22)28(29)30/h3-12,14H,13H2,1-2H3. The minimum absolute atomic E-state index is 0.0329. The lowest BCUT2D eigenvalue weighted by Crippen LogP contribution is -2.08. The van der Waals surface area contributed by atoms with Gasteiger partial charge in [0.2, 0.25) is 0 Å². The fourth-order valence-corrected chi connectivity index (χ4v) is 4.54. The summed E-state index contributed by atoms with van der Waals surface area (Å²) in [6.45, 7) is 0.263. The summed E-state index contributed by atoms with van der Waals surface area (Å²) in [5.41, 5.74) is 2.37. The molecule has 0 unspecified atom stereocenters. The number of hydrogen-bond donors (Lipinski definition) is 0. The molecule has 1 heterocycles. The van der Waals surface area contributed by atoms with E-state index >= 15 is 0 Å². The molecule has 8 heteroatoms. The van der Waals surface area contributed by atoms with Crippen LogP contribution in [0.1, 0.15) is 5.56 Å². The highest BCUT2D eigenvalue weighted by Gasteiger charge is 2.18. The summed E-state index contributed by atoms with van der Waals surface area (Å²) < 4.78 is 29.3. The molecule has 0 atom stereocenters. The number of rotatable bonds is 6. The zero-order chi connectivity index (χ0) is 22.1. The summed E-state index contributed by atoms with van der Waals surface area (Å²) in [6, 6.07) is 16.0. The summed E-state index contributed by atoms with van der Waals surface area (Å²) >= 11 is 1.30. The number of anilines is 1. The maximum atomic E-state index is 13.7. The van der Waals surface area contributed by atoms with Crippen molar-refractivity contribution in [2.75, 3.05) is 19.0 Å². The summed E-state index contributed by atoms with van der Waals surface area (Å²) in [4.78, 5) is 14.3. The lowest BCUT2D eigenvalue weighted by atomic mass is 10.2. The second-order valence-electron chi connectivity index (χ2n) is 7.32. The first-order valence-corrected chi connectivity index (χ1v) is 10.3. The molecule has 0 bridgehead atoms. The molecule has 0 amide bonds. The molecule has 0 saturated carbocycles. The van der Waals surface area contributed by atoms with E-state index in [1.807, 2.05) is 48.0 Å². The van der Waals surface area contributed by atoms with Crippen molar-refractivity contribution in [3.05, 3.63) is 94.2 Å². The lowest BCUT2D eigenvalue weighted by molar-refractivity contribution is -0.387. The summed E-state index contributed by atoms with van der Waals surface area (Å²) in [5, 5.41) is 12.3. The average Bonchev–Trinajstić information content (AvgIpc) is 3.04. The molecule has 0 aliphatic carbocycles. The Morgan fingerprint density at radius 2 is 1.71 bits per heavy atom. The van der Waals surface area contributed by atoms with Crippen LogP contribution in [0.2, 0.25) is 0 Å². The van der Waals surface area contributed by atoms with E-state index in [1.54, 1.807) is 18.2 Å². The van der Waals surface area contributed by atoms with Crippen molar-refractivity contribution in [1.82, 2.24) is 4.57 Å². The van der Waals surface area contributed by atoms with Gasteiger partial charge < -0.3 is 9.47 Å². The van der Waals surface area contributed by atoms with Crippen LogP contribution >= 0.6 is 11.8 Å². The predicted molar refractivity (Wildman–Crippen MR) is 119 cm³/mol. The average molecular weight is 439 g/mol. The van der Waals surface area contributed by atoms with Crippen molar-refractivity contribution in [2.24, 2.45) is 0 Å². The number of fused-ring (bicyclic) bond motifs is 1. The number of nitro groups is 1. The molecule has 0 spiro atoms. The molecule has 0 aliphatic rings. The smallest absolute Gasteiger partial charge is 0.283 e. The molecular weight excluding hydrogens is 420 g/mol. The van der Waals surface area contributed by atoms with Crippen LogP contribution in [-0.2, 0) is 6.54 Å². The number of nitro benzene ring substituents is 1. The molecule has 0 N–H and O–H groups in total. The van der Waals surface area contributed by atoms with Crippen molar-refractivity contribution in [2.45, 2.75) is 16.3 Å². The van der Waals surface area contributed by atoms with Gasteiger partial charge in [-0.2, -0.15) is 0 Å². The number of aromatic nitrogens is 1. The Labute approximate surface area is 182 Å². The van der Waals surface area contributed by atoms with Gasteiger partial charge in [0.15, 0.2) is 0 Å². The third-order valence-corrected chi connectivity index (χ3v) is 6.01. The van der Waals surface area contributed by atoms with Gasteiger partial charge in [-0.05, 0) is 42.0 Å². The predicted octanol–water partition coefficient (Wildman–Crippen LogP) is 6.09. The maximum absolute atomic E-state index is 13.7. The van der Waals surface area contributed by atoms with Crippen LogP contribution in [0.4, 0.5) is 20.2 Å². The van der Waals surface area contributed by atoms with Crippen LogP contribution in [-0.4, -0.2) is 23.6 Å². The van der Waals surface area contributed by atoms with Gasteiger partial charge in [0, 0.05) is 54.9 Å². The topological polar surface area (TPSA) is 51.3 Å². The van der Waals surface area contributed by atoms with Crippen molar-refractivity contribution < 1.29 is 13.7 Å². The van der Waals surface area contributed by atoms with Crippen molar-refractivity contribution in [1.29, 1.82) is 0 Å². The molecular formula is C23H19F2N3O2S. The first-order valence-electron chi connectivity index (χ1n) is 9.48. The SMILES string of the molecule is CN(C)c1ccc2c(Sc3ccccc3[N+](=O)[O-])cn(Cc3cc(F)cc(F)c3)c2c1. The number of nitrogens with zero attached hydrogens (tertiary/aromatic N) is 3. The Morgan fingerprint density at radius 1 is 1.00 bits per heavy atom. The van der Waals surface area contributed by atoms with E-state index in [0.29, 0.717) is 10.5 Å². The van der Waals surface area contributed by atoms with Crippen molar-refractivity contribution in [3.8, 4) is 0 Å². The van der Waals surface area contributed by atoms with E-state index in [-0.39, 0.29) is 12.2 Å². The maximum Gasteiger partial charge on any atom is 0.283 e. The summed E-state index contributed by atoms with van der Waals surface area (Å²) in [6.07, 6.45) is 1.87. The third kappa shape index (κ3) is 4.39. The van der Waals surface area contributed by atoms with Crippen molar-refractivity contribution >= 4 is 34.0 Å². The fraction of sp³-hybridized carbons (Fsp3) is 0.130. The molecule has 158 valence electrons. The molecule has 31 heavy (non-hydrogen) atoms. The Hall–Kier alpha value is -3.39. The fourth-order valence-electron chi connectivity index (χ4n) is 3.45. The number of halogens is 2. The van der Waals surface area contributed by atoms with Gasteiger partial charge in [-0.3, -0.25) is 10.1 Å². The van der Waals surface area contributed by atoms with Crippen LogP contribution in [0, 0.1) is 21.7 Å². The minimum Gasteiger partial charge on any atom is -0.378 e. The first-order chi connectivity index (χ1) is 14.8. The van der Waals surface area contributed by atoms with E-state index in [4.69, 9.17) is 0 Å². The van der Waals surface area contributed by atoms with Gasteiger partial charge in [-0.1, -0.05) is 23.9 Å². The first kappa shape index (κ1) is 20.9. The number of benzene rings is 3. The van der Waals surface area contributed by atoms with Crippen LogP contribution in [0.3, 0.4) is 0 Å². The van der Waals surface area contributed by atoms with E-state index in [1.165, 1.54) is 30.0 Å². The van der Waals surface area contributed by atoms with Gasteiger partial charge in [0.05, 0.1) is 15.3 Å². The van der Waals surface area contributed by atoms with Gasteiger partial charge in [0.25, 0.3) is 5.69 Å². The Kier molecular flexibility index (Phi) is 5.65. The normalized spacial score (nSPS) is 11.1. The Balaban J connectivity index is 1.82. The van der Waals surface area contributed by atoms with Crippen LogP contribution in [0.5, 0.6) is 0 Å². The molecule has 0 fully saturated rings. The lowest BCUT2D eigenvalue weighted by Gasteiger charge is -2.13. The van der Waals surface area contributed by atoms with Gasteiger partial charge >= 0.3 is 0 Å². The van der Waals surface area contributed by atoms with Gasteiger partial charge in [-0.15, -0.1) is 0 Å². The molecule has 3 aromatic carbocycles. The molecule has 4 aromatic rings. The molecule has 0 radical (unpaired) electrons. The van der Waals surface area contributed by atoms with E-state index in [2.05, 4.69) is 0 Å². The monoisotopic (exact) mass is 439 g/mol. The van der Waals surface area contributed by atoms with E-state index < -0.39 is 16.6 Å². The zero-order valence-electron chi connectivity index (χ0n) is 16.9. The van der Waals surface area contributed by atoms with Crippen molar-refractivity contribution in [3.63, 3.8) is 0 Å². The summed E-state index contributed by atoms with van der Waals surface area (Å²) in [7, 11) is 3.86. The highest BCUT2D eigenvalue weighted by atomic mass is 32.2. The van der Waals surface area contributed by atoms with Gasteiger partial charge in [-0.25, -0.2) is 8.78 Å². The van der Waals surface area contributed by atoms with Crippen LogP contribution < -0.4 is 4.90 Å². The quantitative estimate of drug-likeness (QED) is 0.269. The third-order valence-electron chi connectivity index (χ3n) is 4.90. The zero-order valence-corrected chi connectivity index (χ0v) is 17.7. The van der Waals surface area contributed by atoms with Crippen LogP contribution in [0.25, 0.3) is 10.9 Å². The van der Waals surface area contributed by atoms with E-state index in [9.17, 15) is 18.9 Å². The highest BCUT2D eigenvalue weighted by Crippen LogP contribution is 2.40. The molecule has 4 rings (SSSR count). The molecule has 1 aromatic heterocycles. The number of para-hydroxylation sites is 1. The Morgan fingerprint density at radius 3 is 2.39 bits per heavy atom. The summed E-state index contributed by atoms with van der Waals surface area (Å²) in [5.74, 6) is -1.26. The second kappa shape index (κ2) is 8.39. The second-order valence-corrected chi connectivity index (χ2v) is 8.41. The highest BCUT2D eigenvalue weighted by molar-refractivity contribution is 7.99. The van der Waals surface area contributed by atoms with Crippen LogP contribution in [0.15, 0.2) is 76.7 Å². The Bertz CT molecular complexity index is 1270. The van der Waals surface area contributed by atoms with E-state index in [0.717, 1.165) is 27.6 Å². The molecule has 0 saturated heterocycles. The minimum atomic E-state index is -0.630.